The monoisotopic (exact) mass is 727 g/mol. The molecule has 21 unspecified atom stereocenters. The molecule has 0 bridgehead atoms. The molecule has 0 radical (unpaired) electrons. The first-order valence-corrected chi connectivity index (χ1v) is 23.0. The molecule has 5 aliphatic carbocycles. The third-order valence-electron chi connectivity index (χ3n) is 19.3. The smallest absolute Gasteiger partial charge is 0.161 e. The highest BCUT2D eigenvalue weighted by Gasteiger charge is 2.70. The van der Waals surface area contributed by atoms with E-state index in [1.54, 1.807) is 0 Å². The van der Waals surface area contributed by atoms with Crippen LogP contribution in [-0.2, 0) is 9.47 Å². The van der Waals surface area contributed by atoms with Gasteiger partial charge in [-0.1, -0.05) is 110 Å². The lowest BCUT2D eigenvalue weighted by atomic mass is 9.33. The Morgan fingerprint density at radius 3 is 2.08 bits per heavy atom. The van der Waals surface area contributed by atoms with Crippen LogP contribution in [0.25, 0.3) is 0 Å². The van der Waals surface area contributed by atoms with Gasteiger partial charge in [-0.25, -0.2) is 0 Å². The summed E-state index contributed by atoms with van der Waals surface area (Å²) in [6.45, 7) is 33.9. The van der Waals surface area contributed by atoms with Crippen LogP contribution in [-0.4, -0.2) is 40.9 Å². The zero-order valence-electron chi connectivity index (χ0n) is 36.5. The van der Waals surface area contributed by atoms with Crippen LogP contribution in [0.2, 0.25) is 0 Å². The van der Waals surface area contributed by atoms with Gasteiger partial charge in [0, 0.05) is 11.3 Å². The zero-order valence-corrected chi connectivity index (χ0v) is 36.5. The van der Waals surface area contributed by atoms with Gasteiger partial charge < -0.3 is 19.7 Å². The van der Waals surface area contributed by atoms with Crippen LogP contribution in [0.15, 0.2) is 0 Å². The first-order valence-electron chi connectivity index (χ1n) is 23.0. The number of fused-ring (bicyclic) bond motifs is 3. The Hall–Kier alpha value is -0.160. The van der Waals surface area contributed by atoms with Crippen LogP contribution >= 0.6 is 0 Å². The van der Waals surface area contributed by atoms with Crippen molar-refractivity contribution < 1.29 is 19.7 Å². The van der Waals surface area contributed by atoms with E-state index in [9.17, 15) is 10.2 Å². The maximum absolute atomic E-state index is 13.0. The van der Waals surface area contributed by atoms with Gasteiger partial charge >= 0.3 is 0 Å². The van der Waals surface area contributed by atoms with Crippen LogP contribution in [0, 0.1) is 105 Å². The zero-order chi connectivity index (χ0) is 38.2. The second-order valence-electron chi connectivity index (χ2n) is 22.5. The largest absolute Gasteiger partial charge is 0.392 e. The molecule has 0 aromatic carbocycles. The fourth-order valence-corrected chi connectivity index (χ4v) is 16.0. The van der Waals surface area contributed by atoms with Crippen molar-refractivity contribution >= 4 is 0 Å². The van der Waals surface area contributed by atoms with Crippen molar-refractivity contribution in [1.29, 1.82) is 0 Å². The number of aliphatic hydroxyl groups excluding tert-OH is 2. The second-order valence-corrected chi connectivity index (χ2v) is 22.5. The van der Waals surface area contributed by atoms with E-state index in [0.29, 0.717) is 89.1 Å². The van der Waals surface area contributed by atoms with Crippen molar-refractivity contribution in [3.8, 4) is 0 Å². The number of aliphatic hydroxyl groups is 2. The highest BCUT2D eigenvalue weighted by Crippen LogP contribution is 2.73. The molecule has 1 heterocycles. The summed E-state index contributed by atoms with van der Waals surface area (Å²) in [7, 11) is 0. The van der Waals surface area contributed by atoms with E-state index in [0.717, 1.165) is 12.8 Å². The van der Waals surface area contributed by atoms with Gasteiger partial charge in [0.2, 0.25) is 0 Å². The summed E-state index contributed by atoms with van der Waals surface area (Å²) in [6, 6.07) is 0. The van der Waals surface area contributed by atoms with E-state index in [2.05, 4.69) is 96.9 Å². The SMILES string of the molecule is CCC1OC(OC2CCCCC2CCC2CC(C(C)C)C3CC4(C)CC5(C)CC(C)C(C(C)C)C(O)C5(C)C(C)C4C(O)C3C2C)C(C)C(C)C1C. The first-order chi connectivity index (χ1) is 24.3. The Bertz CT molecular complexity index is 1200. The van der Waals surface area contributed by atoms with Crippen LogP contribution in [0.1, 0.15) is 168 Å². The lowest BCUT2D eigenvalue weighted by Gasteiger charge is -2.72. The first kappa shape index (κ1) is 41.5. The number of ether oxygens (including phenoxy) is 2. The quantitative estimate of drug-likeness (QED) is 0.261. The molecule has 6 fully saturated rings. The average molecular weight is 727 g/mol. The molecule has 1 aliphatic heterocycles. The molecule has 52 heavy (non-hydrogen) atoms. The Balaban J connectivity index is 1.21. The molecule has 6 rings (SSSR count). The van der Waals surface area contributed by atoms with Gasteiger partial charge in [0.05, 0.1) is 24.4 Å². The minimum atomic E-state index is -0.321. The predicted octanol–water partition coefficient (Wildman–Crippen LogP) is 11.7. The topological polar surface area (TPSA) is 58.9 Å². The Labute approximate surface area is 322 Å². The molecule has 5 saturated carbocycles. The molecule has 0 amide bonds. The highest BCUT2D eigenvalue weighted by molar-refractivity contribution is 5.18. The lowest BCUT2D eigenvalue weighted by molar-refractivity contribution is -0.279. The normalized spacial score (nSPS) is 55.5. The van der Waals surface area contributed by atoms with Crippen LogP contribution in [0.5, 0.6) is 0 Å². The van der Waals surface area contributed by atoms with Crippen molar-refractivity contribution in [3.63, 3.8) is 0 Å². The second kappa shape index (κ2) is 15.3. The lowest BCUT2D eigenvalue weighted by Crippen LogP contribution is -2.70. The highest BCUT2D eigenvalue weighted by atomic mass is 16.7. The summed E-state index contributed by atoms with van der Waals surface area (Å²) in [4.78, 5) is 0. The van der Waals surface area contributed by atoms with Gasteiger partial charge in [-0.3, -0.25) is 0 Å². The molecule has 0 spiro atoms. The summed E-state index contributed by atoms with van der Waals surface area (Å²) in [5, 5.41) is 25.3. The third-order valence-corrected chi connectivity index (χ3v) is 19.3. The van der Waals surface area contributed by atoms with Gasteiger partial charge in [0.1, 0.15) is 0 Å². The molecule has 4 heteroatoms. The maximum Gasteiger partial charge on any atom is 0.161 e. The fourth-order valence-electron chi connectivity index (χ4n) is 16.0. The molecule has 302 valence electrons. The number of rotatable bonds is 8. The predicted molar refractivity (Wildman–Crippen MR) is 215 cm³/mol. The van der Waals surface area contributed by atoms with E-state index in [4.69, 9.17) is 9.47 Å². The summed E-state index contributed by atoms with van der Waals surface area (Å²) in [5.41, 5.74) is -0.00373. The standard InChI is InChI=1S/C48H86O4/c1-15-38-30(8)29(7)31(9)45(51-38)52-39-19-17-16-18-34(39)20-21-35-22-36(26(2)3)37-24-46(12)25-47(13)23-28(6)40(27(4)5)44(50)48(47,14)33(11)42(46)43(49)41(37)32(35)10/h26-45,49-50H,15-25H2,1-14H3. The molecular formula is C48H86O4. The summed E-state index contributed by atoms with van der Waals surface area (Å²) < 4.78 is 13.7. The molecule has 6 aliphatic rings. The van der Waals surface area contributed by atoms with E-state index in [1.807, 2.05) is 0 Å². The molecule has 4 nitrogen and oxygen atoms in total. The average Bonchev–Trinajstić information content (AvgIpc) is 3.06. The Morgan fingerprint density at radius 1 is 0.788 bits per heavy atom. The van der Waals surface area contributed by atoms with Crippen LogP contribution in [0.3, 0.4) is 0 Å². The number of hydrogen-bond donors (Lipinski definition) is 2. The van der Waals surface area contributed by atoms with Crippen LogP contribution in [0.4, 0.5) is 0 Å². The maximum atomic E-state index is 13.0. The minimum Gasteiger partial charge on any atom is -0.392 e. The summed E-state index contributed by atoms with van der Waals surface area (Å²) >= 11 is 0. The minimum absolute atomic E-state index is 0.0731. The van der Waals surface area contributed by atoms with Crippen molar-refractivity contribution in [2.24, 2.45) is 105 Å². The van der Waals surface area contributed by atoms with Gasteiger partial charge in [-0.2, -0.15) is 0 Å². The van der Waals surface area contributed by atoms with Gasteiger partial charge in [-0.05, 0) is 151 Å². The molecule has 0 aromatic heterocycles. The van der Waals surface area contributed by atoms with Gasteiger partial charge in [-0.15, -0.1) is 0 Å². The molecule has 0 aromatic rings. The van der Waals surface area contributed by atoms with Crippen molar-refractivity contribution in [2.45, 2.75) is 198 Å². The number of hydrogen-bond acceptors (Lipinski definition) is 4. The van der Waals surface area contributed by atoms with E-state index in [-0.39, 0.29) is 46.6 Å². The molecular weight excluding hydrogens is 641 g/mol. The summed E-state index contributed by atoms with van der Waals surface area (Å²) in [5.74, 6) is 7.47. The van der Waals surface area contributed by atoms with E-state index >= 15 is 0 Å². The van der Waals surface area contributed by atoms with E-state index < -0.39 is 0 Å². The van der Waals surface area contributed by atoms with Gasteiger partial charge in [0.25, 0.3) is 0 Å². The molecule has 21 atom stereocenters. The third kappa shape index (κ3) is 6.74. The Morgan fingerprint density at radius 2 is 1.44 bits per heavy atom. The van der Waals surface area contributed by atoms with Crippen molar-refractivity contribution in [2.75, 3.05) is 0 Å². The van der Waals surface area contributed by atoms with E-state index in [1.165, 1.54) is 57.8 Å². The van der Waals surface area contributed by atoms with Crippen molar-refractivity contribution in [3.05, 3.63) is 0 Å². The van der Waals surface area contributed by atoms with Gasteiger partial charge in [0.15, 0.2) is 6.29 Å². The molecule has 1 saturated heterocycles. The fraction of sp³-hybridized carbons (Fsp3) is 1.00. The molecule has 2 N–H and O–H groups in total. The van der Waals surface area contributed by atoms with Crippen molar-refractivity contribution in [1.82, 2.24) is 0 Å². The Kier molecular flexibility index (Phi) is 12.2. The van der Waals surface area contributed by atoms with Crippen LogP contribution < -0.4 is 0 Å². The summed E-state index contributed by atoms with van der Waals surface area (Å²) in [6.07, 6.45) is 13.5.